The maximum absolute atomic E-state index is 11.8. The van der Waals surface area contributed by atoms with Crippen LogP contribution < -0.4 is 20.1 Å². The molecule has 29 heavy (non-hydrogen) atoms. The normalized spacial score (nSPS) is 11.7. The molecule has 2 N–H and O–H groups in total. The van der Waals surface area contributed by atoms with E-state index in [1.165, 1.54) is 10.5 Å². The van der Waals surface area contributed by atoms with Crippen LogP contribution in [0.15, 0.2) is 35.3 Å². The van der Waals surface area contributed by atoms with Crippen molar-refractivity contribution in [1.82, 2.24) is 15.5 Å². The molecule has 0 aliphatic rings. The molecule has 0 heterocycles. The molecule has 1 rings (SSSR count). The van der Waals surface area contributed by atoms with Crippen LogP contribution >= 0.6 is 24.0 Å². The van der Waals surface area contributed by atoms with Gasteiger partial charge in [-0.3, -0.25) is 4.79 Å². The first kappa shape index (κ1) is 27.0. The van der Waals surface area contributed by atoms with Gasteiger partial charge in [-0.1, -0.05) is 25.1 Å². The Balaban J connectivity index is 0.00000784. The standard InChI is InChI=1S/C21H34N4O3.HI/c1-15(2)12-22-21(24-14-20(26)25(4)5)23-13-16(3)10-17-8-9-18(27-6)19(11-17)28-7;/h8-9,11,16H,1,10,12-14H2,2-7H3,(H2,22,23,24);1H. The third-order valence-electron chi connectivity index (χ3n) is 4.08. The Morgan fingerprint density at radius 1 is 1.21 bits per heavy atom. The minimum atomic E-state index is -0.0465. The Morgan fingerprint density at radius 3 is 2.41 bits per heavy atom. The molecule has 1 aromatic carbocycles. The summed E-state index contributed by atoms with van der Waals surface area (Å²) in [6.07, 6.45) is 0.873. The summed E-state index contributed by atoms with van der Waals surface area (Å²) >= 11 is 0. The Morgan fingerprint density at radius 2 is 1.86 bits per heavy atom. The number of guanidine groups is 1. The van der Waals surface area contributed by atoms with Crippen molar-refractivity contribution in [1.29, 1.82) is 0 Å². The van der Waals surface area contributed by atoms with E-state index in [4.69, 9.17) is 9.47 Å². The Bertz CT molecular complexity index is 693. The fraction of sp³-hybridized carbons (Fsp3) is 0.524. The summed E-state index contributed by atoms with van der Waals surface area (Å²) in [4.78, 5) is 17.7. The molecular weight excluding hydrogens is 483 g/mol. The Hall–Kier alpha value is -1.97. The molecule has 0 aliphatic carbocycles. The fourth-order valence-electron chi connectivity index (χ4n) is 2.45. The third kappa shape index (κ3) is 10.4. The van der Waals surface area contributed by atoms with Gasteiger partial charge in [0.15, 0.2) is 17.5 Å². The summed E-state index contributed by atoms with van der Waals surface area (Å²) in [5.74, 6) is 2.36. The smallest absolute Gasteiger partial charge is 0.243 e. The largest absolute Gasteiger partial charge is 0.493 e. The van der Waals surface area contributed by atoms with Crippen LogP contribution in [0.5, 0.6) is 11.5 Å². The first-order valence-electron chi connectivity index (χ1n) is 9.34. The predicted octanol–water partition coefficient (Wildman–Crippen LogP) is 2.70. The molecule has 1 atom stereocenters. The van der Waals surface area contributed by atoms with Crippen molar-refractivity contribution in [3.8, 4) is 11.5 Å². The molecule has 0 saturated heterocycles. The number of halogens is 1. The van der Waals surface area contributed by atoms with Gasteiger partial charge in [-0.05, 0) is 37.0 Å². The number of rotatable bonds is 10. The van der Waals surface area contributed by atoms with Crippen LogP contribution in [0.1, 0.15) is 19.4 Å². The molecule has 1 amide bonds. The second-order valence-electron chi connectivity index (χ2n) is 7.14. The molecule has 1 unspecified atom stereocenters. The minimum absolute atomic E-state index is 0. The van der Waals surface area contributed by atoms with Crippen molar-refractivity contribution in [3.63, 3.8) is 0 Å². The van der Waals surface area contributed by atoms with Gasteiger partial charge in [0.05, 0.1) is 14.2 Å². The number of carbonyl (C=O) groups excluding carboxylic acids is 1. The number of likely N-dealkylation sites (N-methyl/N-ethyl adjacent to an activating group) is 1. The molecule has 0 bridgehead atoms. The van der Waals surface area contributed by atoms with Crippen LogP contribution in [0.4, 0.5) is 0 Å². The molecule has 0 saturated carbocycles. The van der Waals surface area contributed by atoms with E-state index in [0.29, 0.717) is 25.0 Å². The quantitative estimate of drug-likeness (QED) is 0.216. The highest BCUT2D eigenvalue weighted by Gasteiger charge is 2.10. The highest BCUT2D eigenvalue weighted by atomic mass is 127. The van der Waals surface area contributed by atoms with E-state index in [2.05, 4.69) is 29.1 Å². The number of methoxy groups -OCH3 is 2. The van der Waals surface area contributed by atoms with E-state index in [1.807, 2.05) is 25.1 Å². The van der Waals surface area contributed by atoms with Gasteiger partial charge in [-0.25, -0.2) is 4.99 Å². The fourth-order valence-corrected chi connectivity index (χ4v) is 2.45. The number of amides is 1. The van der Waals surface area contributed by atoms with E-state index in [-0.39, 0.29) is 36.4 Å². The van der Waals surface area contributed by atoms with Gasteiger partial charge in [0.1, 0.15) is 6.54 Å². The summed E-state index contributed by atoms with van der Waals surface area (Å²) in [5.41, 5.74) is 2.16. The number of hydrogen-bond donors (Lipinski definition) is 2. The van der Waals surface area contributed by atoms with Crippen molar-refractivity contribution in [2.24, 2.45) is 10.9 Å². The van der Waals surface area contributed by atoms with E-state index in [0.717, 1.165) is 23.5 Å². The lowest BCUT2D eigenvalue weighted by Gasteiger charge is -2.18. The molecule has 0 fully saturated rings. The molecule has 7 nitrogen and oxygen atoms in total. The lowest BCUT2D eigenvalue weighted by Crippen LogP contribution is -2.41. The summed E-state index contributed by atoms with van der Waals surface area (Å²) in [6.45, 7) is 9.40. The van der Waals surface area contributed by atoms with Crippen molar-refractivity contribution >= 4 is 35.8 Å². The average Bonchev–Trinajstić information content (AvgIpc) is 2.66. The number of nitrogens with zero attached hydrogens (tertiary/aromatic N) is 2. The second kappa shape index (κ2) is 14.1. The van der Waals surface area contributed by atoms with Gasteiger partial charge in [0.2, 0.25) is 5.91 Å². The number of benzene rings is 1. The molecule has 8 heteroatoms. The number of ether oxygens (including phenoxy) is 2. The highest BCUT2D eigenvalue weighted by molar-refractivity contribution is 14.0. The number of aliphatic imine (C=N–C) groups is 1. The van der Waals surface area contributed by atoms with Crippen molar-refractivity contribution in [2.75, 3.05) is 47.9 Å². The minimum Gasteiger partial charge on any atom is -0.493 e. The summed E-state index contributed by atoms with van der Waals surface area (Å²) in [7, 11) is 6.70. The second-order valence-corrected chi connectivity index (χ2v) is 7.14. The Kier molecular flexibility index (Phi) is 13.1. The van der Waals surface area contributed by atoms with E-state index >= 15 is 0 Å². The third-order valence-corrected chi connectivity index (χ3v) is 4.08. The van der Waals surface area contributed by atoms with Gasteiger partial charge in [0, 0.05) is 27.2 Å². The van der Waals surface area contributed by atoms with Crippen LogP contribution in [0.25, 0.3) is 0 Å². The monoisotopic (exact) mass is 518 g/mol. The maximum Gasteiger partial charge on any atom is 0.243 e. The summed E-state index contributed by atoms with van der Waals surface area (Å²) in [5, 5.41) is 6.51. The summed E-state index contributed by atoms with van der Waals surface area (Å²) < 4.78 is 10.7. The van der Waals surface area contributed by atoms with Crippen LogP contribution in [-0.4, -0.2) is 64.7 Å². The SMILES string of the molecule is C=C(C)CNC(=NCC(=O)N(C)C)NCC(C)Cc1ccc(OC)c(OC)c1.I. The molecule has 0 aliphatic heterocycles. The summed E-state index contributed by atoms with van der Waals surface area (Å²) in [6, 6.07) is 5.96. The zero-order chi connectivity index (χ0) is 21.1. The zero-order valence-electron chi connectivity index (χ0n) is 18.4. The molecule has 1 aromatic rings. The zero-order valence-corrected chi connectivity index (χ0v) is 20.7. The first-order chi connectivity index (χ1) is 13.3. The van der Waals surface area contributed by atoms with E-state index in [9.17, 15) is 4.79 Å². The van der Waals surface area contributed by atoms with E-state index in [1.54, 1.807) is 28.3 Å². The van der Waals surface area contributed by atoms with Gasteiger partial charge in [-0.2, -0.15) is 0 Å². The van der Waals surface area contributed by atoms with Gasteiger partial charge in [0.25, 0.3) is 0 Å². The predicted molar refractivity (Wildman–Crippen MR) is 130 cm³/mol. The van der Waals surface area contributed by atoms with Crippen molar-refractivity contribution in [2.45, 2.75) is 20.3 Å². The van der Waals surface area contributed by atoms with Crippen LogP contribution in [0.2, 0.25) is 0 Å². The molecule has 0 radical (unpaired) electrons. The average molecular weight is 518 g/mol. The van der Waals surface area contributed by atoms with Crippen molar-refractivity contribution in [3.05, 3.63) is 35.9 Å². The lowest BCUT2D eigenvalue weighted by atomic mass is 10.0. The van der Waals surface area contributed by atoms with Gasteiger partial charge in [-0.15, -0.1) is 24.0 Å². The topological polar surface area (TPSA) is 75.2 Å². The molecule has 0 aromatic heterocycles. The maximum atomic E-state index is 11.8. The van der Waals surface area contributed by atoms with Crippen LogP contribution in [0.3, 0.4) is 0 Å². The van der Waals surface area contributed by atoms with E-state index < -0.39 is 0 Å². The number of nitrogens with one attached hydrogen (secondary N) is 2. The molecular formula is C21H35IN4O3. The molecule has 164 valence electrons. The van der Waals surface area contributed by atoms with Gasteiger partial charge >= 0.3 is 0 Å². The number of carbonyl (C=O) groups is 1. The molecule has 0 spiro atoms. The lowest BCUT2D eigenvalue weighted by molar-refractivity contribution is -0.127. The van der Waals surface area contributed by atoms with Gasteiger partial charge < -0.3 is 25.0 Å². The highest BCUT2D eigenvalue weighted by Crippen LogP contribution is 2.28. The van der Waals surface area contributed by atoms with Crippen LogP contribution in [-0.2, 0) is 11.2 Å². The van der Waals surface area contributed by atoms with Crippen molar-refractivity contribution < 1.29 is 14.3 Å². The number of hydrogen-bond acceptors (Lipinski definition) is 4. The van der Waals surface area contributed by atoms with Crippen LogP contribution in [0, 0.1) is 5.92 Å². The Labute approximate surface area is 192 Å². The first-order valence-corrected chi connectivity index (χ1v) is 9.34.